The predicted molar refractivity (Wildman–Crippen MR) is 79.2 cm³/mol. The topological polar surface area (TPSA) is 50.2 Å². The highest BCUT2D eigenvalue weighted by atomic mass is 16.2. The molecule has 1 aromatic rings. The van der Waals surface area contributed by atoms with Crippen molar-refractivity contribution in [1.29, 1.82) is 0 Å². The van der Waals surface area contributed by atoms with E-state index in [4.69, 9.17) is 0 Å². The van der Waals surface area contributed by atoms with Gasteiger partial charge in [-0.2, -0.15) is 5.10 Å². The first-order chi connectivity index (χ1) is 9.47. The smallest absolute Gasteiger partial charge is 0.225 e. The first-order valence-corrected chi connectivity index (χ1v) is 7.48. The van der Waals surface area contributed by atoms with Gasteiger partial charge in [-0.25, -0.2) is 0 Å². The Bertz CT molecular complexity index is 458. The largest absolute Gasteiger partial charge is 0.342 e. The van der Waals surface area contributed by atoms with Crippen molar-refractivity contribution >= 4 is 5.91 Å². The van der Waals surface area contributed by atoms with Gasteiger partial charge in [0.15, 0.2) is 0 Å². The third-order valence-electron chi connectivity index (χ3n) is 4.00. The van der Waals surface area contributed by atoms with Crippen molar-refractivity contribution in [3.8, 4) is 0 Å². The number of aromatic nitrogens is 2. The van der Waals surface area contributed by atoms with Gasteiger partial charge in [-0.1, -0.05) is 13.8 Å². The third kappa shape index (κ3) is 3.60. The van der Waals surface area contributed by atoms with Crippen LogP contribution in [0.4, 0.5) is 0 Å². The highest BCUT2D eigenvalue weighted by Crippen LogP contribution is 2.14. The second-order valence-electron chi connectivity index (χ2n) is 6.05. The van der Waals surface area contributed by atoms with Crippen LogP contribution in [0.5, 0.6) is 0 Å². The zero-order chi connectivity index (χ0) is 14.7. The minimum Gasteiger partial charge on any atom is -0.342 e. The molecule has 0 aliphatic carbocycles. The fraction of sp³-hybridized carbons (Fsp3) is 0.733. The van der Waals surface area contributed by atoms with Crippen molar-refractivity contribution in [2.75, 3.05) is 13.1 Å². The summed E-state index contributed by atoms with van der Waals surface area (Å²) in [5, 5.41) is 7.94. The molecule has 20 heavy (non-hydrogen) atoms. The summed E-state index contributed by atoms with van der Waals surface area (Å²) in [5.74, 6) is 0.393. The lowest BCUT2D eigenvalue weighted by Crippen LogP contribution is -2.46. The molecule has 0 aromatic carbocycles. The first-order valence-electron chi connectivity index (χ1n) is 7.48. The maximum atomic E-state index is 11.9. The van der Waals surface area contributed by atoms with Crippen molar-refractivity contribution in [3.05, 3.63) is 17.5 Å². The van der Waals surface area contributed by atoms with Gasteiger partial charge in [0.2, 0.25) is 5.91 Å². The zero-order valence-corrected chi connectivity index (χ0v) is 13.0. The molecule has 1 aliphatic heterocycles. The molecule has 0 unspecified atom stereocenters. The van der Waals surface area contributed by atoms with Crippen LogP contribution in [-0.4, -0.2) is 39.7 Å². The average molecular weight is 278 g/mol. The molecular weight excluding hydrogens is 252 g/mol. The molecule has 2 heterocycles. The van der Waals surface area contributed by atoms with Crippen LogP contribution in [0.25, 0.3) is 0 Å². The van der Waals surface area contributed by atoms with E-state index >= 15 is 0 Å². The number of likely N-dealkylation sites (tertiary alicyclic amines) is 1. The van der Waals surface area contributed by atoms with E-state index in [1.54, 1.807) is 0 Å². The SMILES string of the molecule is Cc1nn(C)cc1CNC1CCN(C(=O)C(C)C)CC1. The summed E-state index contributed by atoms with van der Waals surface area (Å²) in [6.45, 7) is 8.60. The lowest BCUT2D eigenvalue weighted by atomic mass is 10.0. The predicted octanol–water partition coefficient (Wildman–Crippen LogP) is 1.47. The molecule has 5 heteroatoms. The van der Waals surface area contributed by atoms with E-state index in [2.05, 4.69) is 16.6 Å². The Kier molecular flexibility index (Phi) is 4.81. The number of aryl methyl sites for hydroxylation is 2. The van der Waals surface area contributed by atoms with Crippen LogP contribution in [0, 0.1) is 12.8 Å². The van der Waals surface area contributed by atoms with Gasteiger partial charge in [-0.05, 0) is 19.8 Å². The van der Waals surface area contributed by atoms with E-state index < -0.39 is 0 Å². The van der Waals surface area contributed by atoms with Crippen LogP contribution in [0.2, 0.25) is 0 Å². The summed E-state index contributed by atoms with van der Waals surface area (Å²) >= 11 is 0. The number of hydrogen-bond donors (Lipinski definition) is 1. The quantitative estimate of drug-likeness (QED) is 0.907. The van der Waals surface area contributed by atoms with E-state index in [-0.39, 0.29) is 11.8 Å². The van der Waals surface area contributed by atoms with Gasteiger partial charge in [0.25, 0.3) is 0 Å². The molecule has 1 amide bonds. The number of carbonyl (C=O) groups excluding carboxylic acids is 1. The molecule has 112 valence electrons. The van der Waals surface area contributed by atoms with E-state index in [9.17, 15) is 4.79 Å². The Balaban J connectivity index is 1.77. The van der Waals surface area contributed by atoms with E-state index in [1.807, 2.05) is 37.4 Å². The van der Waals surface area contributed by atoms with E-state index in [0.717, 1.165) is 38.2 Å². The summed E-state index contributed by atoms with van der Waals surface area (Å²) in [6, 6.07) is 0.505. The van der Waals surface area contributed by atoms with Crippen LogP contribution >= 0.6 is 0 Å². The fourth-order valence-corrected chi connectivity index (χ4v) is 2.75. The summed E-state index contributed by atoms with van der Waals surface area (Å²) in [5.41, 5.74) is 2.35. The number of nitrogens with zero attached hydrogens (tertiary/aromatic N) is 3. The number of rotatable bonds is 4. The lowest BCUT2D eigenvalue weighted by molar-refractivity contribution is -0.135. The minimum absolute atomic E-state index is 0.109. The van der Waals surface area contributed by atoms with Gasteiger partial charge in [0.05, 0.1) is 5.69 Å². The molecular formula is C15H26N4O. The molecule has 0 bridgehead atoms. The zero-order valence-electron chi connectivity index (χ0n) is 13.0. The molecule has 0 spiro atoms. The normalized spacial score (nSPS) is 16.9. The monoisotopic (exact) mass is 278 g/mol. The second-order valence-corrected chi connectivity index (χ2v) is 6.05. The van der Waals surface area contributed by atoms with Crippen molar-refractivity contribution in [1.82, 2.24) is 20.0 Å². The Labute approximate surface area is 121 Å². The molecule has 1 fully saturated rings. The molecule has 2 rings (SSSR count). The molecule has 0 saturated carbocycles. The summed E-state index contributed by atoms with van der Waals surface area (Å²) < 4.78 is 1.86. The highest BCUT2D eigenvalue weighted by Gasteiger charge is 2.23. The maximum Gasteiger partial charge on any atom is 0.225 e. The lowest BCUT2D eigenvalue weighted by Gasteiger charge is -2.33. The fourth-order valence-electron chi connectivity index (χ4n) is 2.75. The van der Waals surface area contributed by atoms with Crippen LogP contribution in [-0.2, 0) is 18.4 Å². The van der Waals surface area contributed by atoms with Gasteiger partial charge in [0, 0.05) is 50.4 Å². The van der Waals surface area contributed by atoms with Crippen LogP contribution in [0.15, 0.2) is 6.20 Å². The summed E-state index contributed by atoms with van der Waals surface area (Å²) in [4.78, 5) is 13.9. The number of nitrogens with one attached hydrogen (secondary N) is 1. The summed E-state index contributed by atoms with van der Waals surface area (Å²) in [6.07, 6.45) is 4.15. The van der Waals surface area contributed by atoms with Crippen molar-refractivity contribution < 1.29 is 4.79 Å². The molecule has 0 radical (unpaired) electrons. The van der Waals surface area contributed by atoms with Crippen molar-refractivity contribution in [3.63, 3.8) is 0 Å². The number of amides is 1. The highest BCUT2D eigenvalue weighted by molar-refractivity contribution is 5.78. The Morgan fingerprint density at radius 2 is 2.10 bits per heavy atom. The maximum absolute atomic E-state index is 11.9. The van der Waals surface area contributed by atoms with Crippen LogP contribution in [0.1, 0.15) is 37.9 Å². The van der Waals surface area contributed by atoms with Crippen molar-refractivity contribution in [2.45, 2.75) is 46.2 Å². The number of piperidine rings is 1. The average Bonchev–Trinajstić information content (AvgIpc) is 2.74. The second kappa shape index (κ2) is 6.39. The van der Waals surface area contributed by atoms with E-state index in [0.29, 0.717) is 6.04 Å². The Hall–Kier alpha value is -1.36. The summed E-state index contributed by atoms with van der Waals surface area (Å²) in [7, 11) is 1.95. The van der Waals surface area contributed by atoms with Gasteiger partial charge < -0.3 is 10.2 Å². The number of carbonyl (C=O) groups is 1. The molecule has 1 aliphatic rings. The van der Waals surface area contributed by atoms with Gasteiger partial charge in [-0.15, -0.1) is 0 Å². The third-order valence-corrected chi connectivity index (χ3v) is 4.00. The van der Waals surface area contributed by atoms with Crippen LogP contribution < -0.4 is 5.32 Å². The minimum atomic E-state index is 0.109. The molecule has 1 saturated heterocycles. The van der Waals surface area contributed by atoms with Crippen LogP contribution in [0.3, 0.4) is 0 Å². The van der Waals surface area contributed by atoms with Gasteiger partial charge >= 0.3 is 0 Å². The molecule has 0 atom stereocenters. The molecule has 1 N–H and O–H groups in total. The Morgan fingerprint density at radius 1 is 1.45 bits per heavy atom. The van der Waals surface area contributed by atoms with E-state index in [1.165, 1.54) is 5.56 Å². The van der Waals surface area contributed by atoms with Gasteiger partial charge in [-0.3, -0.25) is 9.48 Å². The van der Waals surface area contributed by atoms with Gasteiger partial charge in [0.1, 0.15) is 0 Å². The Morgan fingerprint density at radius 3 is 2.60 bits per heavy atom. The molecule has 5 nitrogen and oxygen atoms in total. The van der Waals surface area contributed by atoms with Crippen molar-refractivity contribution in [2.24, 2.45) is 13.0 Å². The number of hydrogen-bond acceptors (Lipinski definition) is 3. The standard InChI is InChI=1S/C15H26N4O/c1-11(2)15(20)19-7-5-14(6-8-19)16-9-13-10-18(4)17-12(13)3/h10-11,14,16H,5-9H2,1-4H3. The first kappa shape index (κ1) is 15.0. The molecule has 1 aromatic heterocycles.